The number of rotatable bonds is 6. The second kappa shape index (κ2) is 7.82. The first-order chi connectivity index (χ1) is 11.3. The van der Waals surface area contributed by atoms with Gasteiger partial charge in [-0.1, -0.05) is 19.4 Å². The molecule has 0 spiro atoms. The van der Waals surface area contributed by atoms with Gasteiger partial charge >= 0.3 is 0 Å². The normalized spacial score (nSPS) is 26.0. The van der Waals surface area contributed by atoms with Gasteiger partial charge in [0.15, 0.2) is 0 Å². The molecule has 4 nitrogen and oxygen atoms in total. The lowest BCUT2D eigenvalue weighted by atomic mass is 9.83. The average Bonchev–Trinajstić information content (AvgIpc) is 3.07. The van der Waals surface area contributed by atoms with Crippen molar-refractivity contribution in [3.05, 3.63) is 30.2 Å². The Labute approximate surface area is 139 Å². The quantitative estimate of drug-likeness (QED) is 0.807. The predicted octanol–water partition coefficient (Wildman–Crippen LogP) is 3.41. The molecular formula is C19H28N2O2. The second-order valence-electron chi connectivity index (χ2n) is 6.77. The van der Waals surface area contributed by atoms with Gasteiger partial charge in [0.25, 0.3) is 0 Å². The predicted molar refractivity (Wildman–Crippen MR) is 91.9 cm³/mol. The number of likely N-dealkylation sites (tertiary alicyclic amines) is 2. The van der Waals surface area contributed by atoms with E-state index in [1.807, 2.05) is 18.2 Å². The molecule has 1 amide bonds. The molecular weight excluding hydrogens is 288 g/mol. The fraction of sp³-hybridized carbons (Fsp3) is 0.632. The number of nitrogens with zero attached hydrogens (tertiary/aromatic N) is 2. The first-order valence-corrected chi connectivity index (χ1v) is 9.00. The van der Waals surface area contributed by atoms with Crippen molar-refractivity contribution in [2.45, 2.75) is 45.1 Å². The highest BCUT2D eigenvalue weighted by Gasteiger charge is 2.38. The number of hydrogen-bond donors (Lipinski definition) is 0. The summed E-state index contributed by atoms with van der Waals surface area (Å²) >= 11 is 0. The summed E-state index contributed by atoms with van der Waals surface area (Å²) in [5, 5.41) is 0. The highest BCUT2D eigenvalue weighted by atomic mass is 16.3. The molecule has 4 heteroatoms. The van der Waals surface area contributed by atoms with E-state index >= 15 is 0 Å². The maximum atomic E-state index is 12.2. The van der Waals surface area contributed by atoms with Crippen molar-refractivity contribution >= 4 is 12.0 Å². The highest BCUT2D eigenvalue weighted by molar-refractivity contribution is 5.77. The van der Waals surface area contributed by atoms with Crippen LogP contribution < -0.4 is 0 Å². The molecule has 2 saturated heterocycles. The monoisotopic (exact) mass is 316 g/mol. The van der Waals surface area contributed by atoms with Crippen LogP contribution in [0.2, 0.25) is 0 Å². The van der Waals surface area contributed by atoms with Crippen LogP contribution in [-0.2, 0) is 4.79 Å². The zero-order valence-electron chi connectivity index (χ0n) is 14.1. The lowest BCUT2D eigenvalue weighted by Gasteiger charge is -2.47. The Morgan fingerprint density at radius 1 is 1.39 bits per heavy atom. The van der Waals surface area contributed by atoms with Crippen LogP contribution in [0.5, 0.6) is 0 Å². The van der Waals surface area contributed by atoms with Gasteiger partial charge in [0.2, 0.25) is 5.91 Å². The minimum atomic E-state index is 0.380. The molecule has 3 heterocycles. The van der Waals surface area contributed by atoms with Gasteiger partial charge in [-0.3, -0.25) is 9.69 Å². The third-order valence-corrected chi connectivity index (χ3v) is 5.17. The molecule has 2 aliphatic rings. The van der Waals surface area contributed by atoms with Crippen molar-refractivity contribution in [2.75, 3.05) is 26.2 Å². The number of carbonyl (C=O) groups is 1. The van der Waals surface area contributed by atoms with Crippen LogP contribution in [-0.4, -0.2) is 47.9 Å². The number of unbranched alkanes of at least 4 members (excludes halogenated alkanes) is 1. The summed E-state index contributed by atoms with van der Waals surface area (Å²) in [6, 6.07) is 4.36. The molecule has 0 aromatic carbocycles. The molecule has 0 unspecified atom stereocenters. The molecule has 2 fully saturated rings. The van der Waals surface area contributed by atoms with Crippen LogP contribution in [0.25, 0.3) is 6.08 Å². The molecule has 0 bridgehead atoms. The van der Waals surface area contributed by atoms with Gasteiger partial charge in [-0.05, 0) is 43.4 Å². The molecule has 1 aromatic rings. The largest absolute Gasteiger partial charge is 0.465 e. The van der Waals surface area contributed by atoms with Crippen LogP contribution in [0.4, 0.5) is 0 Å². The van der Waals surface area contributed by atoms with Crippen molar-refractivity contribution in [1.29, 1.82) is 0 Å². The van der Waals surface area contributed by atoms with E-state index in [2.05, 4.69) is 22.8 Å². The smallest absolute Gasteiger partial charge is 0.222 e. The van der Waals surface area contributed by atoms with E-state index in [4.69, 9.17) is 4.42 Å². The van der Waals surface area contributed by atoms with Crippen molar-refractivity contribution in [3.8, 4) is 0 Å². The zero-order valence-corrected chi connectivity index (χ0v) is 14.1. The Morgan fingerprint density at radius 2 is 2.30 bits per heavy atom. The van der Waals surface area contributed by atoms with Crippen LogP contribution in [0, 0.1) is 5.92 Å². The summed E-state index contributed by atoms with van der Waals surface area (Å²) in [4.78, 5) is 16.9. The van der Waals surface area contributed by atoms with Gasteiger partial charge < -0.3 is 9.32 Å². The van der Waals surface area contributed by atoms with E-state index in [1.165, 1.54) is 0 Å². The summed E-state index contributed by atoms with van der Waals surface area (Å²) in [5.74, 6) is 1.94. The number of furan rings is 1. The Bertz CT molecular complexity index is 523. The molecule has 0 aliphatic carbocycles. The number of amides is 1. The molecule has 0 N–H and O–H groups in total. The molecule has 2 atom stereocenters. The van der Waals surface area contributed by atoms with Gasteiger partial charge in [0, 0.05) is 38.6 Å². The fourth-order valence-electron chi connectivity index (χ4n) is 3.92. The minimum Gasteiger partial charge on any atom is -0.465 e. The van der Waals surface area contributed by atoms with Gasteiger partial charge in [-0.2, -0.15) is 0 Å². The summed E-state index contributed by atoms with van der Waals surface area (Å²) in [6.45, 7) is 6.31. The van der Waals surface area contributed by atoms with Gasteiger partial charge in [0.05, 0.1) is 6.26 Å². The highest BCUT2D eigenvalue weighted by Crippen LogP contribution is 2.31. The maximum Gasteiger partial charge on any atom is 0.222 e. The van der Waals surface area contributed by atoms with Crippen molar-refractivity contribution in [1.82, 2.24) is 9.80 Å². The van der Waals surface area contributed by atoms with Crippen LogP contribution >= 0.6 is 0 Å². The van der Waals surface area contributed by atoms with E-state index < -0.39 is 0 Å². The minimum absolute atomic E-state index is 0.380. The van der Waals surface area contributed by atoms with E-state index in [1.54, 1.807) is 6.26 Å². The summed E-state index contributed by atoms with van der Waals surface area (Å²) in [5.41, 5.74) is 0. The standard InChI is InChI=1S/C19H28N2O2/c1-2-3-12-21-18-10-13-20(15-16(18)8-9-19(21)22)11-4-6-17-7-5-14-23-17/h4-7,14,16,18H,2-3,8-13,15H2,1H3/t16-,18+/m1/s1. The fourth-order valence-corrected chi connectivity index (χ4v) is 3.92. The van der Waals surface area contributed by atoms with E-state index in [0.29, 0.717) is 17.9 Å². The van der Waals surface area contributed by atoms with E-state index in [0.717, 1.165) is 64.0 Å². The topological polar surface area (TPSA) is 36.7 Å². The lowest BCUT2D eigenvalue weighted by molar-refractivity contribution is -0.141. The summed E-state index contributed by atoms with van der Waals surface area (Å²) < 4.78 is 5.32. The third kappa shape index (κ3) is 4.05. The number of fused-ring (bicyclic) bond motifs is 1. The second-order valence-corrected chi connectivity index (χ2v) is 6.77. The molecule has 0 saturated carbocycles. The molecule has 126 valence electrons. The van der Waals surface area contributed by atoms with Gasteiger partial charge in [-0.15, -0.1) is 0 Å². The third-order valence-electron chi connectivity index (χ3n) is 5.17. The summed E-state index contributed by atoms with van der Waals surface area (Å²) in [7, 11) is 0. The van der Waals surface area contributed by atoms with Crippen molar-refractivity contribution < 1.29 is 9.21 Å². The molecule has 3 rings (SSSR count). The lowest BCUT2D eigenvalue weighted by Crippen LogP contribution is -2.56. The average molecular weight is 316 g/mol. The first kappa shape index (κ1) is 16.3. The van der Waals surface area contributed by atoms with Gasteiger partial charge in [0.1, 0.15) is 5.76 Å². The van der Waals surface area contributed by atoms with Crippen molar-refractivity contribution in [3.63, 3.8) is 0 Å². The molecule has 1 aromatic heterocycles. The Morgan fingerprint density at radius 3 is 3.09 bits per heavy atom. The zero-order chi connectivity index (χ0) is 16.1. The SMILES string of the molecule is CCCCN1C(=O)CC[C@@H]2CN(CC=Cc3ccco3)CC[C@@H]21. The number of carbonyl (C=O) groups excluding carboxylic acids is 1. The molecule has 2 aliphatic heterocycles. The first-order valence-electron chi connectivity index (χ1n) is 9.00. The van der Waals surface area contributed by atoms with Crippen LogP contribution in [0.15, 0.2) is 28.9 Å². The summed E-state index contributed by atoms with van der Waals surface area (Å²) in [6.07, 6.45) is 11.1. The Balaban J connectivity index is 1.53. The van der Waals surface area contributed by atoms with Crippen LogP contribution in [0.3, 0.4) is 0 Å². The van der Waals surface area contributed by atoms with Crippen molar-refractivity contribution in [2.24, 2.45) is 5.92 Å². The molecule has 23 heavy (non-hydrogen) atoms. The Kier molecular flexibility index (Phi) is 5.55. The van der Waals surface area contributed by atoms with E-state index in [9.17, 15) is 4.79 Å². The van der Waals surface area contributed by atoms with Crippen LogP contribution in [0.1, 0.15) is 44.8 Å². The molecule has 0 radical (unpaired) electrons. The van der Waals surface area contributed by atoms with Gasteiger partial charge in [-0.25, -0.2) is 0 Å². The maximum absolute atomic E-state index is 12.2. The number of piperidine rings is 2. The number of hydrogen-bond acceptors (Lipinski definition) is 3. The van der Waals surface area contributed by atoms with E-state index in [-0.39, 0.29) is 0 Å². The Hall–Kier alpha value is -1.55.